The summed E-state index contributed by atoms with van der Waals surface area (Å²) >= 11 is 1.88. The van der Waals surface area contributed by atoms with Gasteiger partial charge in [-0.3, -0.25) is 0 Å². The Hall–Kier alpha value is -0.860. The molecule has 1 saturated carbocycles. The molecule has 1 heterocycles. The zero-order chi connectivity index (χ0) is 11.9. The first-order valence-corrected chi connectivity index (χ1v) is 7.25. The lowest BCUT2D eigenvalue weighted by Gasteiger charge is -2.22. The zero-order valence-corrected chi connectivity index (χ0v) is 11.3. The van der Waals surface area contributed by atoms with E-state index in [0.29, 0.717) is 11.5 Å². The summed E-state index contributed by atoms with van der Waals surface area (Å²) in [6.45, 7) is 2.32. The van der Waals surface area contributed by atoms with E-state index in [1.807, 2.05) is 11.3 Å². The summed E-state index contributed by atoms with van der Waals surface area (Å²) in [7, 11) is 2.08. The lowest BCUT2D eigenvalue weighted by molar-refractivity contribution is 0.371. The molecule has 1 N–H and O–H groups in total. The van der Waals surface area contributed by atoms with Crippen LogP contribution in [0, 0.1) is 5.41 Å². The summed E-state index contributed by atoms with van der Waals surface area (Å²) < 4.78 is 1.43. The number of fused-ring (bicyclic) bond motifs is 1. The van der Waals surface area contributed by atoms with Crippen molar-refractivity contribution in [3.05, 3.63) is 35.2 Å². The van der Waals surface area contributed by atoms with Crippen LogP contribution in [0.3, 0.4) is 0 Å². The maximum Gasteiger partial charge on any atom is 0.0345 e. The molecule has 0 aliphatic heterocycles. The minimum Gasteiger partial charge on any atom is -0.317 e. The van der Waals surface area contributed by atoms with Crippen molar-refractivity contribution >= 4 is 21.4 Å². The largest absolute Gasteiger partial charge is 0.317 e. The molecule has 1 aromatic carbocycles. The quantitative estimate of drug-likeness (QED) is 0.863. The highest BCUT2D eigenvalue weighted by molar-refractivity contribution is 7.17. The van der Waals surface area contributed by atoms with Gasteiger partial charge in [-0.1, -0.05) is 18.2 Å². The molecule has 0 bridgehead atoms. The number of rotatable bonds is 4. The van der Waals surface area contributed by atoms with Crippen molar-refractivity contribution in [1.29, 1.82) is 0 Å². The summed E-state index contributed by atoms with van der Waals surface area (Å²) in [5.41, 5.74) is 2.07. The van der Waals surface area contributed by atoms with Crippen molar-refractivity contribution in [2.24, 2.45) is 5.41 Å². The van der Waals surface area contributed by atoms with Gasteiger partial charge in [-0.25, -0.2) is 0 Å². The van der Waals surface area contributed by atoms with Crippen molar-refractivity contribution < 1.29 is 0 Å². The van der Waals surface area contributed by atoms with Crippen LogP contribution in [0.4, 0.5) is 0 Å². The van der Waals surface area contributed by atoms with Gasteiger partial charge in [0.2, 0.25) is 0 Å². The minimum atomic E-state index is 0.526. The fraction of sp³-hybridized carbons (Fsp3) is 0.467. The Morgan fingerprint density at radius 1 is 1.35 bits per heavy atom. The van der Waals surface area contributed by atoms with Crippen molar-refractivity contribution in [3.63, 3.8) is 0 Å². The van der Waals surface area contributed by atoms with Crippen LogP contribution in [0.1, 0.15) is 25.3 Å². The van der Waals surface area contributed by atoms with E-state index < -0.39 is 0 Å². The second-order valence-electron chi connectivity index (χ2n) is 5.31. The first kappa shape index (κ1) is 11.2. The van der Waals surface area contributed by atoms with Crippen molar-refractivity contribution in [2.45, 2.75) is 32.2 Å². The van der Waals surface area contributed by atoms with Crippen molar-refractivity contribution in [2.75, 3.05) is 7.05 Å². The fourth-order valence-corrected chi connectivity index (χ4v) is 3.74. The van der Waals surface area contributed by atoms with Crippen LogP contribution in [0.15, 0.2) is 29.6 Å². The topological polar surface area (TPSA) is 12.0 Å². The summed E-state index contributed by atoms with van der Waals surface area (Å²) in [6, 6.07) is 9.40. The minimum absolute atomic E-state index is 0.526. The van der Waals surface area contributed by atoms with Crippen LogP contribution in [0.25, 0.3) is 10.1 Å². The Morgan fingerprint density at radius 3 is 2.82 bits per heavy atom. The molecular formula is C15H19NS. The van der Waals surface area contributed by atoms with Crippen LogP contribution < -0.4 is 5.32 Å². The monoisotopic (exact) mass is 245 g/mol. The standard InChI is InChI=1S/C15H19NS/c1-11(16-2)15(7-8-15)9-12-10-17-14-6-4-3-5-13(12)14/h3-6,10-11,16H,7-9H2,1-2H3. The van der Waals surface area contributed by atoms with Crippen molar-refractivity contribution in [1.82, 2.24) is 5.32 Å². The highest BCUT2D eigenvalue weighted by atomic mass is 32.1. The van der Waals surface area contributed by atoms with Gasteiger partial charge in [0, 0.05) is 10.7 Å². The first-order chi connectivity index (χ1) is 8.25. The first-order valence-electron chi connectivity index (χ1n) is 6.37. The van der Waals surface area contributed by atoms with E-state index in [9.17, 15) is 0 Å². The third-order valence-corrected chi connectivity index (χ3v) is 5.36. The normalized spacial score (nSPS) is 19.4. The molecule has 0 radical (unpaired) electrons. The van der Waals surface area contributed by atoms with E-state index in [2.05, 4.69) is 48.9 Å². The van der Waals surface area contributed by atoms with E-state index in [0.717, 1.165) is 0 Å². The van der Waals surface area contributed by atoms with Crippen LogP contribution in [-0.4, -0.2) is 13.1 Å². The molecule has 3 rings (SSSR count). The van der Waals surface area contributed by atoms with Gasteiger partial charge in [0.1, 0.15) is 0 Å². The molecule has 0 amide bonds. The summed E-state index contributed by atoms with van der Waals surface area (Å²) in [6.07, 6.45) is 3.98. The Balaban J connectivity index is 1.91. The highest BCUT2D eigenvalue weighted by Crippen LogP contribution is 2.52. The molecule has 0 saturated heterocycles. The summed E-state index contributed by atoms with van der Waals surface area (Å²) in [5.74, 6) is 0. The summed E-state index contributed by atoms with van der Waals surface area (Å²) in [4.78, 5) is 0. The Labute approximate surface area is 107 Å². The van der Waals surface area contributed by atoms with Crippen LogP contribution in [-0.2, 0) is 6.42 Å². The van der Waals surface area contributed by atoms with Crippen LogP contribution in [0.2, 0.25) is 0 Å². The molecule has 17 heavy (non-hydrogen) atoms. The third kappa shape index (κ3) is 1.90. The van der Waals surface area contributed by atoms with E-state index in [1.54, 1.807) is 5.56 Å². The molecule has 0 spiro atoms. The Morgan fingerprint density at radius 2 is 2.12 bits per heavy atom. The fourth-order valence-electron chi connectivity index (χ4n) is 2.78. The number of hydrogen-bond acceptors (Lipinski definition) is 2. The molecule has 1 atom stereocenters. The molecule has 1 unspecified atom stereocenters. The molecular weight excluding hydrogens is 226 g/mol. The number of hydrogen-bond donors (Lipinski definition) is 1. The van der Waals surface area contributed by atoms with E-state index >= 15 is 0 Å². The molecule has 1 aliphatic rings. The average molecular weight is 245 g/mol. The van der Waals surface area contributed by atoms with Crippen LogP contribution in [0.5, 0.6) is 0 Å². The molecule has 2 aromatic rings. The third-order valence-electron chi connectivity index (χ3n) is 4.35. The Kier molecular flexibility index (Phi) is 2.72. The number of benzene rings is 1. The molecule has 1 aliphatic carbocycles. The van der Waals surface area contributed by atoms with Crippen molar-refractivity contribution in [3.8, 4) is 0 Å². The van der Waals surface area contributed by atoms with E-state index in [4.69, 9.17) is 0 Å². The highest BCUT2D eigenvalue weighted by Gasteiger charge is 2.46. The smallest absolute Gasteiger partial charge is 0.0345 e. The van der Waals surface area contributed by atoms with Gasteiger partial charge in [-0.05, 0) is 61.0 Å². The van der Waals surface area contributed by atoms with Crippen LogP contribution >= 0.6 is 11.3 Å². The average Bonchev–Trinajstić information content (AvgIpc) is 3.04. The predicted octanol–water partition coefficient (Wildman–Crippen LogP) is 3.83. The predicted molar refractivity (Wildman–Crippen MR) is 75.7 cm³/mol. The molecule has 2 heteroatoms. The lowest BCUT2D eigenvalue weighted by Crippen LogP contribution is -2.33. The number of nitrogens with one attached hydrogen (secondary N) is 1. The maximum absolute atomic E-state index is 3.43. The van der Waals surface area contributed by atoms with Gasteiger partial charge in [0.15, 0.2) is 0 Å². The second kappa shape index (κ2) is 4.11. The van der Waals surface area contributed by atoms with Gasteiger partial charge in [0.05, 0.1) is 0 Å². The SMILES string of the molecule is CNC(C)C1(Cc2csc3ccccc23)CC1. The van der Waals surface area contributed by atoms with Gasteiger partial charge >= 0.3 is 0 Å². The maximum atomic E-state index is 3.43. The van der Waals surface area contributed by atoms with Gasteiger partial charge < -0.3 is 5.32 Å². The lowest BCUT2D eigenvalue weighted by atomic mass is 9.90. The molecule has 1 nitrogen and oxygen atoms in total. The van der Waals surface area contributed by atoms with E-state index in [-0.39, 0.29) is 0 Å². The second-order valence-corrected chi connectivity index (χ2v) is 6.22. The molecule has 1 aromatic heterocycles. The summed E-state index contributed by atoms with van der Waals surface area (Å²) in [5, 5.41) is 7.25. The molecule has 1 fully saturated rings. The Bertz CT molecular complexity index is 524. The molecule has 90 valence electrons. The van der Waals surface area contributed by atoms with E-state index in [1.165, 1.54) is 29.3 Å². The van der Waals surface area contributed by atoms with Gasteiger partial charge in [0.25, 0.3) is 0 Å². The zero-order valence-electron chi connectivity index (χ0n) is 10.5. The number of thiophene rings is 1. The van der Waals surface area contributed by atoms with Gasteiger partial charge in [-0.2, -0.15) is 0 Å². The van der Waals surface area contributed by atoms with Gasteiger partial charge in [-0.15, -0.1) is 11.3 Å².